The molecule has 2 atom stereocenters. The Hall–Kier alpha value is -4.24. The third-order valence-electron chi connectivity index (χ3n) is 6.47. The Morgan fingerprint density at radius 3 is 2.30 bits per heavy atom. The maximum absolute atomic E-state index is 14.0. The molecule has 2 heterocycles. The minimum absolute atomic E-state index is 0.0657. The maximum atomic E-state index is 14.0. The second kappa shape index (κ2) is 10.8. The largest absolute Gasteiger partial charge is 0.438 e. The van der Waals surface area contributed by atoms with Gasteiger partial charge in [-0.05, 0) is 35.4 Å². The van der Waals surface area contributed by atoms with Crippen molar-refractivity contribution in [3.8, 4) is 0 Å². The number of hydrogen-bond acceptors (Lipinski definition) is 5. The van der Waals surface area contributed by atoms with Gasteiger partial charge in [0.05, 0.1) is 25.3 Å². The van der Waals surface area contributed by atoms with Crippen LogP contribution in [0, 0.1) is 5.82 Å². The molecule has 2 unspecified atom stereocenters. The molecule has 9 heteroatoms. The standard InChI is InChI=1S/C28H26FN3O5/c29-23-9-5-4-8-22(23)26(33)30-21-12-10-20(11-13-21)25-24(27(34)31-14-16-36-17-15-31)32(28(35)37-25)18-19-6-2-1-3-7-19/h1-13,24-25H,14-18H2,(H,30,33). The van der Waals surface area contributed by atoms with Gasteiger partial charge < -0.3 is 19.7 Å². The highest BCUT2D eigenvalue weighted by Gasteiger charge is 2.48. The number of nitrogens with one attached hydrogen (secondary N) is 1. The van der Waals surface area contributed by atoms with Crippen molar-refractivity contribution >= 4 is 23.6 Å². The highest BCUT2D eigenvalue weighted by molar-refractivity contribution is 6.04. The van der Waals surface area contributed by atoms with Crippen LogP contribution in [0.2, 0.25) is 0 Å². The van der Waals surface area contributed by atoms with E-state index in [1.54, 1.807) is 35.2 Å². The molecule has 0 bridgehead atoms. The Balaban J connectivity index is 1.38. The zero-order valence-electron chi connectivity index (χ0n) is 20.0. The van der Waals surface area contributed by atoms with Crippen molar-refractivity contribution in [2.75, 3.05) is 31.6 Å². The molecule has 1 N–H and O–H groups in total. The monoisotopic (exact) mass is 503 g/mol. The Morgan fingerprint density at radius 2 is 1.59 bits per heavy atom. The van der Waals surface area contributed by atoms with Crippen molar-refractivity contribution in [3.05, 3.63) is 101 Å². The third kappa shape index (κ3) is 5.31. The summed E-state index contributed by atoms with van der Waals surface area (Å²) in [4.78, 5) is 42.2. The molecular formula is C28H26FN3O5. The predicted molar refractivity (Wildman–Crippen MR) is 133 cm³/mol. The quantitative estimate of drug-likeness (QED) is 0.550. The van der Waals surface area contributed by atoms with Crippen molar-refractivity contribution in [1.82, 2.24) is 9.80 Å². The van der Waals surface area contributed by atoms with Crippen molar-refractivity contribution in [2.24, 2.45) is 0 Å². The fourth-order valence-electron chi connectivity index (χ4n) is 4.54. The van der Waals surface area contributed by atoms with Gasteiger partial charge in [-0.15, -0.1) is 0 Å². The van der Waals surface area contributed by atoms with Crippen LogP contribution in [0.5, 0.6) is 0 Å². The Morgan fingerprint density at radius 1 is 0.919 bits per heavy atom. The van der Waals surface area contributed by atoms with Gasteiger partial charge >= 0.3 is 6.09 Å². The zero-order valence-corrected chi connectivity index (χ0v) is 20.0. The summed E-state index contributed by atoms with van der Waals surface area (Å²) in [5.74, 6) is -1.39. The number of hydrogen-bond donors (Lipinski definition) is 1. The lowest BCUT2D eigenvalue weighted by Gasteiger charge is -2.32. The van der Waals surface area contributed by atoms with E-state index in [1.807, 2.05) is 30.3 Å². The van der Waals surface area contributed by atoms with E-state index >= 15 is 0 Å². The van der Waals surface area contributed by atoms with E-state index in [-0.39, 0.29) is 18.0 Å². The third-order valence-corrected chi connectivity index (χ3v) is 6.47. The van der Waals surface area contributed by atoms with E-state index in [0.29, 0.717) is 37.6 Å². The molecule has 2 fully saturated rings. The fraction of sp³-hybridized carbons (Fsp3) is 0.250. The number of halogens is 1. The Kier molecular flexibility index (Phi) is 7.14. The van der Waals surface area contributed by atoms with Gasteiger partial charge in [0, 0.05) is 18.8 Å². The number of benzene rings is 3. The van der Waals surface area contributed by atoms with Crippen LogP contribution in [0.15, 0.2) is 78.9 Å². The number of carbonyl (C=O) groups excluding carboxylic acids is 3. The second-order valence-corrected chi connectivity index (χ2v) is 8.86. The van der Waals surface area contributed by atoms with Gasteiger partial charge in [-0.1, -0.05) is 54.6 Å². The summed E-state index contributed by atoms with van der Waals surface area (Å²) < 4.78 is 25.1. The van der Waals surface area contributed by atoms with Crippen LogP contribution < -0.4 is 5.32 Å². The molecule has 2 saturated heterocycles. The lowest BCUT2D eigenvalue weighted by molar-refractivity contribution is -0.141. The van der Waals surface area contributed by atoms with Gasteiger partial charge in [0.2, 0.25) is 5.91 Å². The van der Waals surface area contributed by atoms with Crippen LogP contribution in [0.25, 0.3) is 0 Å². The predicted octanol–water partition coefficient (Wildman–Crippen LogP) is 4.00. The molecule has 3 aromatic rings. The highest BCUT2D eigenvalue weighted by Crippen LogP contribution is 2.35. The molecule has 0 aliphatic carbocycles. The van der Waals surface area contributed by atoms with E-state index in [1.165, 1.54) is 23.1 Å². The first kappa shape index (κ1) is 24.5. The van der Waals surface area contributed by atoms with E-state index in [9.17, 15) is 18.8 Å². The number of nitrogens with zero attached hydrogens (tertiary/aromatic N) is 2. The lowest BCUT2D eigenvalue weighted by atomic mass is 9.99. The van der Waals surface area contributed by atoms with Gasteiger partial charge in [-0.3, -0.25) is 14.5 Å². The lowest BCUT2D eigenvalue weighted by Crippen LogP contribution is -2.51. The summed E-state index contributed by atoms with van der Waals surface area (Å²) in [5.41, 5.74) is 1.87. The number of ether oxygens (including phenoxy) is 2. The Labute approximate surface area is 213 Å². The molecule has 0 spiro atoms. The van der Waals surface area contributed by atoms with E-state index in [0.717, 1.165) is 5.56 Å². The molecule has 190 valence electrons. The fourth-order valence-corrected chi connectivity index (χ4v) is 4.54. The summed E-state index contributed by atoms with van der Waals surface area (Å²) in [6, 6.07) is 21.0. The van der Waals surface area contributed by atoms with E-state index in [2.05, 4.69) is 5.32 Å². The van der Waals surface area contributed by atoms with Crippen LogP contribution in [-0.4, -0.2) is 60.1 Å². The second-order valence-electron chi connectivity index (χ2n) is 8.86. The van der Waals surface area contributed by atoms with Gasteiger partial charge in [-0.2, -0.15) is 0 Å². The average molecular weight is 504 g/mol. The zero-order chi connectivity index (χ0) is 25.8. The first-order chi connectivity index (χ1) is 18.0. The molecule has 3 aromatic carbocycles. The summed E-state index contributed by atoms with van der Waals surface area (Å²) in [7, 11) is 0. The molecule has 37 heavy (non-hydrogen) atoms. The Bertz CT molecular complexity index is 1280. The number of carbonyl (C=O) groups is 3. The van der Waals surface area contributed by atoms with Gasteiger partial charge in [0.1, 0.15) is 5.82 Å². The van der Waals surface area contributed by atoms with E-state index < -0.39 is 30.0 Å². The highest BCUT2D eigenvalue weighted by atomic mass is 19.1. The number of morpholine rings is 1. The SMILES string of the molecule is O=C(Nc1ccc(C2OC(=O)N(Cc3ccccc3)C2C(=O)N2CCOCC2)cc1)c1ccccc1F. The van der Waals surface area contributed by atoms with Crippen LogP contribution in [-0.2, 0) is 20.8 Å². The molecule has 2 aliphatic rings. The van der Waals surface area contributed by atoms with Crippen LogP contribution in [0.4, 0.5) is 14.9 Å². The topological polar surface area (TPSA) is 88.2 Å². The minimum Gasteiger partial charge on any atom is -0.438 e. The molecule has 3 amide bonds. The van der Waals surface area contributed by atoms with Crippen LogP contribution in [0.3, 0.4) is 0 Å². The van der Waals surface area contributed by atoms with Crippen molar-refractivity contribution in [2.45, 2.75) is 18.7 Å². The van der Waals surface area contributed by atoms with Gasteiger partial charge in [0.15, 0.2) is 12.1 Å². The molecule has 2 aliphatic heterocycles. The molecule has 0 radical (unpaired) electrons. The van der Waals surface area contributed by atoms with Gasteiger partial charge in [0.25, 0.3) is 5.91 Å². The van der Waals surface area contributed by atoms with Gasteiger partial charge in [-0.25, -0.2) is 9.18 Å². The molecule has 0 aromatic heterocycles. The maximum Gasteiger partial charge on any atom is 0.411 e. The first-order valence-electron chi connectivity index (χ1n) is 12.0. The summed E-state index contributed by atoms with van der Waals surface area (Å²) >= 11 is 0. The molecule has 0 saturated carbocycles. The normalized spacial score (nSPS) is 19.4. The first-order valence-corrected chi connectivity index (χ1v) is 12.0. The number of amides is 3. The number of rotatable bonds is 6. The number of anilines is 1. The van der Waals surface area contributed by atoms with Crippen molar-refractivity contribution in [1.29, 1.82) is 0 Å². The summed E-state index contributed by atoms with van der Waals surface area (Å²) in [6.07, 6.45) is -1.40. The smallest absolute Gasteiger partial charge is 0.411 e. The summed E-state index contributed by atoms with van der Waals surface area (Å²) in [6.45, 7) is 1.99. The summed E-state index contributed by atoms with van der Waals surface area (Å²) in [5, 5.41) is 2.67. The average Bonchev–Trinajstić information content (AvgIpc) is 3.25. The minimum atomic E-state index is -0.857. The molecule has 8 nitrogen and oxygen atoms in total. The number of cyclic esters (lactones) is 1. The van der Waals surface area contributed by atoms with Crippen LogP contribution >= 0.6 is 0 Å². The molecular weight excluding hydrogens is 477 g/mol. The van der Waals surface area contributed by atoms with Crippen LogP contribution in [0.1, 0.15) is 27.6 Å². The molecule has 5 rings (SSSR count). The van der Waals surface area contributed by atoms with Crippen molar-refractivity contribution < 1.29 is 28.2 Å². The van der Waals surface area contributed by atoms with Crippen molar-refractivity contribution in [3.63, 3.8) is 0 Å². The van der Waals surface area contributed by atoms with E-state index in [4.69, 9.17) is 9.47 Å².